The summed E-state index contributed by atoms with van der Waals surface area (Å²) in [5.74, 6) is 0.311. The number of hydrogen-bond acceptors (Lipinski definition) is 6. The summed E-state index contributed by atoms with van der Waals surface area (Å²) in [6.45, 7) is 5.01. The first-order valence-electron chi connectivity index (χ1n) is 10.5. The minimum absolute atomic E-state index is 0.123. The van der Waals surface area contributed by atoms with Crippen molar-refractivity contribution in [2.45, 2.75) is 44.0 Å². The van der Waals surface area contributed by atoms with Crippen LogP contribution in [0.4, 0.5) is 0 Å². The van der Waals surface area contributed by atoms with Gasteiger partial charge >= 0.3 is 0 Å². The smallest absolute Gasteiger partial charge is 0.243 e. The van der Waals surface area contributed by atoms with E-state index in [-0.39, 0.29) is 29.3 Å². The third kappa shape index (κ3) is 4.49. The van der Waals surface area contributed by atoms with Gasteiger partial charge in [-0.3, -0.25) is 4.79 Å². The van der Waals surface area contributed by atoms with Crippen molar-refractivity contribution in [2.24, 2.45) is 5.92 Å². The summed E-state index contributed by atoms with van der Waals surface area (Å²) in [6, 6.07) is 8.68. The molecule has 1 N–H and O–H groups in total. The van der Waals surface area contributed by atoms with Crippen LogP contribution in [-0.2, 0) is 21.2 Å². The predicted octanol–water partition coefficient (Wildman–Crippen LogP) is 2.36. The Balaban J connectivity index is 1.44. The lowest BCUT2D eigenvalue weighted by Crippen LogP contribution is -2.45. The monoisotopic (exact) mass is 445 g/mol. The summed E-state index contributed by atoms with van der Waals surface area (Å²) in [5.41, 5.74) is 1.33. The Morgan fingerprint density at radius 1 is 1.32 bits per heavy atom. The molecule has 0 aliphatic carbocycles. The van der Waals surface area contributed by atoms with E-state index in [1.165, 1.54) is 4.31 Å². The fourth-order valence-electron chi connectivity index (χ4n) is 3.90. The predicted molar refractivity (Wildman–Crippen MR) is 115 cm³/mol. The highest BCUT2D eigenvalue weighted by Gasteiger charge is 2.33. The molecule has 3 heterocycles. The third-order valence-electron chi connectivity index (χ3n) is 5.58. The van der Waals surface area contributed by atoms with E-state index in [1.807, 2.05) is 26.0 Å². The molecule has 4 rings (SSSR count). The van der Waals surface area contributed by atoms with Gasteiger partial charge in [-0.05, 0) is 57.0 Å². The number of aromatic nitrogens is 3. The first-order valence-corrected chi connectivity index (χ1v) is 12.0. The van der Waals surface area contributed by atoms with Crippen LogP contribution in [0.2, 0.25) is 0 Å². The molecule has 1 saturated heterocycles. The first-order chi connectivity index (χ1) is 14.9. The molecule has 3 aromatic rings. The molecule has 2 aromatic heterocycles. The Kier molecular flexibility index (Phi) is 6.10. The number of sulfonamides is 1. The first kappa shape index (κ1) is 21.5. The minimum atomic E-state index is -3.73. The van der Waals surface area contributed by atoms with Gasteiger partial charge in [0.25, 0.3) is 0 Å². The van der Waals surface area contributed by atoms with Crippen LogP contribution in [0.25, 0.3) is 11.0 Å². The Hall–Kier alpha value is -2.72. The van der Waals surface area contributed by atoms with Crippen LogP contribution < -0.4 is 5.32 Å². The van der Waals surface area contributed by atoms with Crippen molar-refractivity contribution >= 4 is 27.0 Å². The van der Waals surface area contributed by atoms with Gasteiger partial charge in [0, 0.05) is 32.1 Å². The van der Waals surface area contributed by atoms with Gasteiger partial charge in [-0.25, -0.2) is 13.1 Å². The van der Waals surface area contributed by atoms with Gasteiger partial charge in [0.15, 0.2) is 0 Å². The molecular formula is C21H27N5O4S. The molecule has 31 heavy (non-hydrogen) atoms. The van der Waals surface area contributed by atoms with Crippen LogP contribution in [-0.4, -0.2) is 53.3 Å². The zero-order chi connectivity index (χ0) is 22.0. The van der Waals surface area contributed by atoms with E-state index >= 15 is 0 Å². The summed E-state index contributed by atoms with van der Waals surface area (Å²) >= 11 is 0. The second-order valence-corrected chi connectivity index (χ2v) is 10.0. The van der Waals surface area contributed by atoms with Gasteiger partial charge in [-0.2, -0.15) is 4.31 Å². The van der Waals surface area contributed by atoms with Crippen LogP contribution in [0, 0.1) is 5.92 Å². The van der Waals surface area contributed by atoms with Crippen molar-refractivity contribution in [3.8, 4) is 0 Å². The summed E-state index contributed by atoms with van der Waals surface area (Å²) in [4.78, 5) is 12.8. The zero-order valence-electron chi connectivity index (χ0n) is 17.7. The van der Waals surface area contributed by atoms with E-state index in [4.69, 9.17) is 4.42 Å². The van der Waals surface area contributed by atoms with Gasteiger partial charge in [-0.1, -0.05) is 5.21 Å². The van der Waals surface area contributed by atoms with Crippen molar-refractivity contribution in [2.75, 3.05) is 19.6 Å². The number of furan rings is 1. The van der Waals surface area contributed by atoms with Gasteiger partial charge in [-0.15, -0.1) is 5.10 Å². The summed E-state index contributed by atoms with van der Waals surface area (Å²) in [7, 11) is -3.73. The van der Waals surface area contributed by atoms with Gasteiger partial charge in [0.2, 0.25) is 15.9 Å². The number of fused-ring (bicyclic) bond motifs is 1. The van der Waals surface area contributed by atoms with Crippen molar-refractivity contribution in [3.63, 3.8) is 0 Å². The summed E-state index contributed by atoms with van der Waals surface area (Å²) in [6.07, 6.45) is 3.51. The number of hydrogen-bond donors (Lipinski definition) is 1. The van der Waals surface area contributed by atoms with Crippen LogP contribution in [0.5, 0.6) is 0 Å². The molecule has 9 nitrogen and oxygen atoms in total. The Labute approximate surface area is 181 Å². The van der Waals surface area contributed by atoms with Crippen molar-refractivity contribution in [1.29, 1.82) is 0 Å². The maximum absolute atomic E-state index is 13.2. The maximum atomic E-state index is 13.2. The number of carbonyl (C=O) groups excluding carboxylic acids is 1. The number of amides is 1. The lowest BCUT2D eigenvalue weighted by atomic mass is 9.99. The topological polar surface area (TPSA) is 110 Å². The van der Waals surface area contributed by atoms with Crippen LogP contribution in [0.1, 0.15) is 38.5 Å². The number of nitrogens with zero attached hydrogens (tertiary/aromatic N) is 4. The highest BCUT2D eigenvalue weighted by atomic mass is 32.2. The average Bonchev–Trinajstić information content (AvgIpc) is 3.43. The van der Waals surface area contributed by atoms with E-state index in [0.29, 0.717) is 37.9 Å². The Bertz CT molecular complexity index is 1150. The molecule has 10 heteroatoms. The molecule has 1 fully saturated rings. The fourth-order valence-corrected chi connectivity index (χ4v) is 5.44. The van der Waals surface area contributed by atoms with E-state index in [0.717, 1.165) is 11.3 Å². The molecule has 0 spiro atoms. The van der Waals surface area contributed by atoms with Gasteiger partial charge < -0.3 is 9.73 Å². The van der Waals surface area contributed by atoms with Crippen LogP contribution >= 0.6 is 0 Å². The molecule has 0 saturated carbocycles. The molecule has 166 valence electrons. The molecule has 0 unspecified atom stereocenters. The third-order valence-corrected chi connectivity index (χ3v) is 7.44. The maximum Gasteiger partial charge on any atom is 0.243 e. The lowest BCUT2D eigenvalue weighted by Gasteiger charge is -2.31. The van der Waals surface area contributed by atoms with Gasteiger partial charge in [0.1, 0.15) is 11.3 Å². The van der Waals surface area contributed by atoms with Gasteiger partial charge in [0.05, 0.1) is 22.6 Å². The van der Waals surface area contributed by atoms with Crippen molar-refractivity contribution in [3.05, 3.63) is 42.4 Å². The van der Waals surface area contributed by atoms with Crippen LogP contribution in [0.3, 0.4) is 0 Å². The molecule has 1 amide bonds. The second kappa shape index (κ2) is 8.80. The lowest BCUT2D eigenvalue weighted by molar-refractivity contribution is -0.126. The van der Waals surface area contributed by atoms with Crippen LogP contribution in [0.15, 0.2) is 45.9 Å². The Morgan fingerprint density at radius 2 is 2.16 bits per heavy atom. The zero-order valence-corrected chi connectivity index (χ0v) is 18.5. The molecule has 1 aliphatic rings. The fraction of sp³-hybridized carbons (Fsp3) is 0.476. The molecule has 1 aliphatic heterocycles. The molecule has 0 bridgehead atoms. The summed E-state index contributed by atoms with van der Waals surface area (Å²) < 4.78 is 34.9. The van der Waals surface area contributed by atoms with E-state index in [2.05, 4.69) is 15.6 Å². The average molecular weight is 446 g/mol. The van der Waals surface area contributed by atoms with Crippen molar-refractivity contribution in [1.82, 2.24) is 24.6 Å². The quantitative estimate of drug-likeness (QED) is 0.598. The van der Waals surface area contributed by atoms with E-state index in [1.54, 1.807) is 29.1 Å². The highest BCUT2D eigenvalue weighted by Crippen LogP contribution is 2.26. The standard InChI is InChI=1S/C21H27N5O4S/c1-15(2)26-20-8-7-18(13-19(20)23-24-26)31(28,29)25-11-3-5-16(14-25)21(27)22-10-9-17-6-4-12-30-17/h4,6-8,12-13,15-16H,3,5,9-11,14H2,1-2H3,(H,22,27)/t16-/m1/s1. The van der Waals surface area contributed by atoms with E-state index in [9.17, 15) is 13.2 Å². The van der Waals surface area contributed by atoms with Crippen molar-refractivity contribution < 1.29 is 17.6 Å². The molecule has 1 aromatic carbocycles. The van der Waals surface area contributed by atoms with E-state index < -0.39 is 10.0 Å². The SMILES string of the molecule is CC(C)n1nnc2cc(S(=O)(=O)N3CCC[C@@H](C(=O)NCCc4ccco4)C3)ccc21. The Morgan fingerprint density at radius 3 is 2.90 bits per heavy atom. The molecular weight excluding hydrogens is 418 g/mol. The molecule has 1 atom stereocenters. The normalized spacial score (nSPS) is 18.0. The minimum Gasteiger partial charge on any atom is -0.469 e. The number of piperidine rings is 1. The molecule has 0 radical (unpaired) electrons. The number of rotatable bonds is 7. The second-order valence-electron chi connectivity index (χ2n) is 8.10. The highest BCUT2D eigenvalue weighted by molar-refractivity contribution is 7.89. The largest absolute Gasteiger partial charge is 0.469 e. The summed E-state index contributed by atoms with van der Waals surface area (Å²) in [5, 5.41) is 11.1. The number of nitrogens with one attached hydrogen (secondary N) is 1. The number of benzene rings is 1. The number of carbonyl (C=O) groups is 1.